The van der Waals surface area contributed by atoms with Crippen LogP contribution in [0.1, 0.15) is 16.2 Å². The van der Waals surface area contributed by atoms with Crippen LogP contribution in [0, 0.1) is 0 Å². The van der Waals surface area contributed by atoms with E-state index in [2.05, 4.69) is 15.2 Å². The van der Waals surface area contributed by atoms with Crippen LogP contribution in [0.5, 0.6) is 0 Å². The molecule has 2 aromatic heterocycles. The number of aryl methyl sites for hydroxylation is 3. The highest BCUT2D eigenvalue weighted by atomic mass is 16.4. The molecule has 0 aliphatic rings. The minimum atomic E-state index is -1.07. The standard InChI is InChI=1S/C13H13N5O3/c1-17-7-14-16-10(17)5-6-18-9-4-2-3-8(12(19)20)11(9)15-13(18)21/h2-4,7H,5-6H2,1H3,(H,15,21)(H,19,20). The van der Waals surface area contributed by atoms with Crippen LogP contribution in [-0.4, -0.2) is 35.4 Å². The number of fused-ring (bicyclic) bond motifs is 1. The summed E-state index contributed by atoms with van der Waals surface area (Å²) >= 11 is 0. The number of hydrogen-bond donors (Lipinski definition) is 2. The van der Waals surface area contributed by atoms with Crippen LogP contribution in [0.25, 0.3) is 11.0 Å². The topological polar surface area (TPSA) is 106 Å². The molecule has 1 aromatic carbocycles. The van der Waals surface area contributed by atoms with E-state index in [-0.39, 0.29) is 11.3 Å². The molecule has 0 radical (unpaired) electrons. The molecule has 0 amide bonds. The lowest BCUT2D eigenvalue weighted by Crippen LogP contribution is -2.18. The van der Waals surface area contributed by atoms with E-state index in [1.165, 1.54) is 10.6 Å². The van der Waals surface area contributed by atoms with Gasteiger partial charge in [-0.2, -0.15) is 0 Å². The summed E-state index contributed by atoms with van der Waals surface area (Å²) in [6.07, 6.45) is 2.12. The molecule has 2 N–H and O–H groups in total. The molecule has 0 aliphatic heterocycles. The van der Waals surface area contributed by atoms with E-state index < -0.39 is 5.97 Å². The van der Waals surface area contributed by atoms with Crippen molar-refractivity contribution in [3.05, 3.63) is 46.4 Å². The first-order chi connectivity index (χ1) is 10.1. The number of hydrogen-bond acceptors (Lipinski definition) is 4. The van der Waals surface area contributed by atoms with Crippen molar-refractivity contribution in [2.75, 3.05) is 0 Å². The molecule has 3 aromatic rings. The summed E-state index contributed by atoms with van der Waals surface area (Å²) in [6, 6.07) is 4.81. The van der Waals surface area contributed by atoms with Crippen molar-refractivity contribution in [1.29, 1.82) is 0 Å². The van der Waals surface area contributed by atoms with Crippen LogP contribution in [0.2, 0.25) is 0 Å². The number of aromatic carboxylic acids is 1. The zero-order chi connectivity index (χ0) is 15.0. The van der Waals surface area contributed by atoms with E-state index >= 15 is 0 Å². The smallest absolute Gasteiger partial charge is 0.337 e. The zero-order valence-electron chi connectivity index (χ0n) is 11.3. The number of para-hydroxylation sites is 1. The first kappa shape index (κ1) is 13.1. The Morgan fingerprint density at radius 3 is 2.90 bits per heavy atom. The van der Waals surface area contributed by atoms with Gasteiger partial charge in [0, 0.05) is 20.0 Å². The largest absolute Gasteiger partial charge is 0.478 e. The van der Waals surface area contributed by atoms with Gasteiger partial charge in [0.2, 0.25) is 0 Å². The molecule has 8 nitrogen and oxygen atoms in total. The first-order valence-corrected chi connectivity index (χ1v) is 6.35. The third-order valence-corrected chi connectivity index (χ3v) is 3.40. The van der Waals surface area contributed by atoms with E-state index in [4.69, 9.17) is 5.11 Å². The predicted octanol–water partition coefficient (Wildman–Crippen LogP) is 0.399. The number of rotatable bonds is 4. The molecule has 0 bridgehead atoms. The van der Waals surface area contributed by atoms with E-state index in [1.54, 1.807) is 23.0 Å². The molecule has 108 valence electrons. The fourth-order valence-corrected chi connectivity index (χ4v) is 2.33. The second-order valence-corrected chi connectivity index (χ2v) is 4.69. The molecule has 3 rings (SSSR count). The third-order valence-electron chi connectivity index (χ3n) is 3.40. The molecule has 0 fully saturated rings. The van der Waals surface area contributed by atoms with Crippen LogP contribution in [-0.2, 0) is 20.0 Å². The molecular weight excluding hydrogens is 274 g/mol. The number of imidazole rings is 1. The number of nitrogens with zero attached hydrogens (tertiary/aromatic N) is 4. The highest BCUT2D eigenvalue weighted by molar-refractivity contribution is 6.00. The minimum absolute atomic E-state index is 0.0852. The molecule has 0 spiro atoms. The zero-order valence-corrected chi connectivity index (χ0v) is 11.3. The molecule has 0 saturated carbocycles. The highest BCUT2D eigenvalue weighted by Crippen LogP contribution is 2.15. The third kappa shape index (κ3) is 2.20. The number of carbonyl (C=O) groups is 1. The van der Waals surface area contributed by atoms with Crippen molar-refractivity contribution in [3.8, 4) is 0 Å². The average Bonchev–Trinajstić information content (AvgIpc) is 2.99. The fraction of sp³-hybridized carbons (Fsp3) is 0.231. The number of aromatic amines is 1. The fourth-order valence-electron chi connectivity index (χ4n) is 2.33. The summed E-state index contributed by atoms with van der Waals surface area (Å²) in [6.45, 7) is 0.397. The monoisotopic (exact) mass is 287 g/mol. The van der Waals surface area contributed by atoms with Crippen LogP contribution >= 0.6 is 0 Å². The van der Waals surface area contributed by atoms with Crippen LogP contribution in [0.3, 0.4) is 0 Å². The summed E-state index contributed by atoms with van der Waals surface area (Å²) in [4.78, 5) is 25.8. The SMILES string of the molecule is Cn1cnnc1CCn1c(=O)[nH]c2c(C(=O)O)cccc21. The normalized spacial score (nSPS) is 11.1. The Hall–Kier alpha value is -2.90. The maximum atomic E-state index is 12.0. The molecule has 0 aliphatic carbocycles. The summed E-state index contributed by atoms with van der Waals surface area (Å²) < 4.78 is 3.29. The molecule has 0 unspecified atom stereocenters. The Labute approximate surface area is 118 Å². The number of aromatic nitrogens is 5. The van der Waals surface area contributed by atoms with Gasteiger partial charge in [-0.05, 0) is 12.1 Å². The number of nitrogens with one attached hydrogen (secondary N) is 1. The van der Waals surface area contributed by atoms with Crippen molar-refractivity contribution in [1.82, 2.24) is 24.3 Å². The van der Waals surface area contributed by atoms with Crippen molar-refractivity contribution in [3.63, 3.8) is 0 Å². The molecular formula is C13H13N5O3. The molecule has 0 saturated heterocycles. The predicted molar refractivity (Wildman–Crippen MR) is 74.2 cm³/mol. The maximum absolute atomic E-state index is 12.0. The van der Waals surface area contributed by atoms with Gasteiger partial charge in [0.05, 0.1) is 16.6 Å². The van der Waals surface area contributed by atoms with Gasteiger partial charge in [-0.1, -0.05) is 6.07 Å². The van der Waals surface area contributed by atoms with Crippen molar-refractivity contribution in [2.45, 2.75) is 13.0 Å². The van der Waals surface area contributed by atoms with E-state index in [9.17, 15) is 9.59 Å². The van der Waals surface area contributed by atoms with Gasteiger partial charge >= 0.3 is 11.7 Å². The quantitative estimate of drug-likeness (QED) is 0.722. The highest BCUT2D eigenvalue weighted by Gasteiger charge is 2.14. The lowest BCUT2D eigenvalue weighted by molar-refractivity contribution is 0.0699. The summed E-state index contributed by atoms with van der Waals surface area (Å²) in [5, 5.41) is 16.9. The summed E-state index contributed by atoms with van der Waals surface area (Å²) in [5.74, 6) is -0.312. The Morgan fingerprint density at radius 2 is 2.24 bits per heavy atom. The molecule has 21 heavy (non-hydrogen) atoms. The van der Waals surface area contributed by atoms with Crippen molar-refractivity contribution < 1.29 is 9.90 Å². The second kappa shape index (κ2) is 4.89. The van der Waals surface area contributed by atoms with Crippen molar-refractivity contribution in [2.24, 2.45) is 7.05 Å². The van der Waals surface area contributed by atoms with Gasteiger partial charge in [0.25, 0.3) is 0 Å². The van der Waals surface area contributed by atoms with Crippen LogP contribution in [0.15, 0.2) is 29.3 Å². The van der Waals surface area contributed by atoms with Crippen LogP contribution < -0.4 is 5.69 Å². The number of carboxylic acid groups (broad SMARTS) is 1. The van der Waals surface area contributed by atoms with Gasteiger partial charge in [-0.25, -0.2) is 9.59 Å². The van der Waals surface area contributed by atoms with E-state index in [1.807, 2.05) is 7.05 Å². The van der Waals surface area contributed by atoms with Crippen LogP contribution in [0.4, 0.5) is 0 Å². The number of carboxylic acids is 1. The van der Waals surface area contributed by atoms with Gasteiger partial charge in [0.15, 0.2) is 0 Å². The molecule has 0 atom stereocenters. The minimum Gasteiger partial charge on any atom is -0.478 e. The Morgan fingerprint density at radius 1 is 1.43 bits per heavy atom. The summed E-state index contributed by atoms with van der Waals surface area (Å²) in [7, 11) is 1.83. The Kier molecular flexibility index (Phi) is 3.05. The van der Waals surface area contributed by atoms with E-state index in [0.29, 0.717) is 24.0 Å². The maximum Gasteiger partial charge on any atom is 0.337 e. The number of benzene rings is 1. The average molecular weight is 287 g/mol. The van der Waals surface area contributed by atoms with E-state index in [0.717, 1.165) is 5.82 Å². The van der Waals surface area contributed by atoms with Gasteiger partial charge < -0.3 is 14.7 Å². The second-order valence-electron chi connectivity index (χ2n) is 4.69. The lowest BCUT2D eigenvalue weighted by atomic mass is 10.2. The molecule has 8 heteroatoms. The Balaban J connectivity index is 2.01. The summed E-state index contributed by atoms with van der Waals surface area (Å²) in [5.41, 5.74) is 0.665. The Bertz CT molecular complexity index is 873. The van der Waals surface area contributed by atoms with Crippen molar-refractivity contribution >= 4 is 17.0 Å². The molecule has 2 heterocycles. The van der Waals surface area contributed by atoms with Gasteiger partial charge in [-0.15, -0.1) is 10.2 Å². The lowest BCUT2D eigenvalue weighted by Gasteiger charge is -2.03. The number of H-pyrrole nitrogens is 1. The first-order valence-electron chi connectivity index (χ1n) is 6.35. The van der Waals surface area contributed by atoms with Gasteiger partial charge in [-0.3, -0.25) is 4.57 Å². The van der Waals surface area contributed by atoms with Gasteiger partial charge in [0.1, 0.15) is 12.2 Å².